The van der Waals surface area contributed by atoms with Crippen molar-refractivity contribution in [1.82, 2.24) is 0 Å². The quantitative estimate of drug-likeness (QED) is 0.650. The third-order valence-electron chi connectivity index (χ3n) is 2.51. The van der Waals surface area contributed by atoms with Gasteiger partial charge in [-0.1, -0.05) is 6.08 Å². The molecule has 2 N–H and O–H groups in total. The summed E-state index contributed by atoms with van der Waals surface area (Å²) < 4.78 is 16.7. The van der Waals surface area contributed by atoms with Gasteiger partial charge in [-0.05, 0) is 26.7 Å². The Morgan fingerprint density at radius 1 is 1.47 bits per heavy atom. The smallest absolute Gasteiger partial charge is 0.187 e. The van der Waals surface area contributed by atoms with E-state index in [-0.39, 0.29) is 12.7 Å². The highest BCUT2D eigenvalue weighted by Crippen LogP contribution is 2.31. The maximum Gasteiger partial charge on any atom is 0.187 e. The molecular weight excluding hydrogens is 224 g/mol. The summed E-state index contributed by atoms with van der Waals surface area (Å²) in [6.45, 7) is 7.37. The molecule has 5 heteroatoms. The first kappa shape index (κ1) is 14.6. The fourth-order valence-electron chi connectivity index (χ4n) is 1.75. The molecule has 17 heavy (non-hydrogen) atoms. The predicted molar refractivity (Wildman–Crippen MR) is 62.3 cm³/mol. The zero-order valence-electron chi connectivity index (χ0n) is 10.5. The van der Waals surface area contributed by atoms with Gasteiger partial charge in [0.15, 0.2) is 12.1 Å². The van der Waals surface area contributed by atoms with Crippen LogP contribution in [-0.4, -0.2) is 47.7 Å². The second-order valence-corrected chi connectivity index (χ2v) is 4.58. The molecule has 0 aromatic heterocycles. The van der Waals surface area contributed by atoms with Gasteiger partial charge < -0.3 is 24.4 Å². The second kappa shape index (κ2) is 6.47. The number of hydrogen-bond acceptors (Lipinski definition) is 5. The topological polar surface area (TPSA) is 68.2 Å². The highest BCUT2D eigenvalue weighted by atomic mass is 16.8. The van der Waals surface area contributed by atoms with E-state index in [1.807, 2.05) is 13.8 Å². The van der Waals surface area contributed by atoms with E-state index in [4.69, 9.17) is 19.3 Å². The monoisotopic (exact) mass is 246 g/mol. The summed E-state index contributed by atoms with van der Waals surface area (Å²) in [6, 6.07) is 0. The second-order valence-electron chi connectivity index (χ2n) is 4.58. The van der Waals surface area contributed by atoms with Gasteiger partial charge >= 0.3 is 0 Å². The van der Waals surface area contributed by atoms with Crippen molar-refractivity contribution in [2.75, 3.05) is 13.2 Å². The average molecular weight is 246 g/mol. The summed E-state index contributed by atoms with van der Waals surface area (Å²) in [6.07, 6.45) is 1.28. The lowest BCUT2D eigenvalue weighted by atomic mass is 10.1. The molecule has 0 aliphatic carbocycles. The third-order valence-corrected chi connectivity index (χ3v) is 2.51. The van der Waals surface area contributed by atoms with Crippen molar-refractivity contribution in [3.63, 3.8) is 0 Å². The molecule has 0 unspecified atom stereocenters. The summed E-state index contributed by atoms with van der Waals surface area (Å²) in [5.41, 5.74) is 0. The van der Waals surface area contributed by atoms with Gasteiger partial charge in [0.05, 0.1) is 19.3 Å². The van der Waals surface area contributed by atoms with E-state index < -0.39 is 18.2 Å². The van der Waals surface area contributed by atoms with Gasteiger partial charge in [-0.3, -0.25) is 0 Å². The molecule has 3 atom stereocenters. The van der Waals surface area contributed by atoms with Crippen LogP contribution in [0.1, 0.15) is 26.7 Å². The molecule has 1 fully saturated rings. The minimum Gasteiger partial charge on any atom is -0.394 e. The first-order valence-electron chi connectivity index (χ1n) is 5.85. The van der Waals surface area contributed by atoms with Gasteiger partial charge in [-0.25, -0.2) is 0 Å². The zero-order chi connectivity index (χ0) is 12.9. The van der Waals surface area contributed by atoms with Gasteiger partial charge in [0.2, 0.25) is 0 Å². The fourth-order valence-corrected chi connectivity index (χ4v) is 1.75. The van der Waals surface area contributed by atoms with Crippen molar-refractivity contribution in [3.8, 4) is 0 Å². The lowest BCUT2D eigenvalue weighted by Crippen LogP contribution is -2.27. The Bertz CT molecular complexity index is 241. The number of aliphatic hydroxyl groups is 2. The summed E-state index contributed by atoms with van der Waals surface area (Å²) >= 11 is 0. The Morgan fingerprint density at radius 3 is 2.76 bits per heavy atom. The number of aliphatic hydroxyl groups excluding tert-OH is 2. The molecule has 0 radical (unpaired) electrons. The van der Waals surface area contributed by atoms with E-state index in [1.165, 1.54) is 0 Å². The summed E-state index contributed by atoms with van der Waals surface area (Å²) in [5.74, 6) is -0.680. The minimum atomic E-state index is -0.720. The number of rotatable bonds is 7. The van der Waals surface area contributed by atoms with Crippen LogP contribution < -0.4 is 0 Å². The Kier molecular flexibility index (Phi) is 5.55. The molecule has 1 rings (SSSR count). The van der Waals surface area contributed by atoms with Crippen LogP contribution in [0.15, 0.2) is 12.7 Å². The van der Waals surface area contributed by atoms with Crippen LogP contribution in [0, 0.1) is 0 Å². The minimum absolute atomic E-state index is 0.230. The number of ether oxygens (including phenoxy) is 3. The van der Waals surface area contributed by atoms with Crippen molar-refractivity contribution >= 4 is 0 Å². The fraction of sp³-hybridized carbons (Fsp3) is 0.833. The molecule has 1 heterocycles. The van der Waals surface area contributed by atoms with Crippen molar-refractivity contribution in [1.29, 1.82) is 0 Å². The molecule has 1 aliphatic heterocycles. The molecule has 1 saturated heterocycles. The van der Waals surface area contributed by atoms with Crippen LogP contribution in [0.3, 0.4) is 0 Å². The normalized spacial score (nSPS) is 29.2. The highest BCUT2D eigenvalue weighted by molar-refractivity contribution is 4.78. The molecule has 5 nitrogen and oxygen atoms in total. The van der Waals surface area contributed by atoms with Gasteiger partial charge in [0.25, 0.3) is 0 Å². The van der Waals surface area contributed by atoms with E-state index in [1.54, 1.807) is 6.08 Å². The van der Waals surface area contributed by atoms with Crippen LogP contribution >= 0.6 is 0 Å². The summed E-state index contributed by atoms with van der Waals surface area (Å²) in [4.78, 5) is 0. The first-order chi connectivity index (χ1) is 7.98. The van der Waals surface area contributed by atoms with Gasteiger partial charge in [-0.2, -0.15) is 0 Å². The van der Waals surface area contributed by atoms with Crippen LogP contribution in [0.5, 0.6) is 0 Å². The van der Waals surface area contributed by atoms with Crippen molar-refractivity contribution < 1.29 is 24.4 Å². The molecule has 0 aromatic carbocycles. The molecular formula is C12H22O5. The molecule has 1 aliphatic rings. The van der Waals surface area contributed by atoms with E-state index in [9.17, 15) is 5.11 Å². The Balaban J connectivity index is 2.45. The molecule has 0 bridgehead atoms. The van der Waals surface area contributed by atoms with Gasteiger partial charge in [0.1, 0.15) is 6.10 Å². The highest BCUT2D eigenvalue weighted by Gasteiger charge is 2.41. The Labute approximate surface area is 102 Å². The predicted octanol–water partition coefficient (Wildman–Crippen LogP) is 0.800. The zero-order valence-corrected chi connectivity index (χ0v) is 10.5. The standard InChI is InChI=1S/C12H22O5/c1-4-7-15-11-10(6-5-9(14)8-13)16-12(2,3)17-11/h4,9-11,13-14H,1,5-8H2,2-3H3/t9-,10+,11-/m1/s1. The van der Waals surface area contributed by atoms with Crippen LogP contribution in [0.4, 0.5) is 0 Å². The Hall–Kier alpha value is -0.460. The molecule has 0 aromatic rings. The SMILES string of the molecule is C=CCO[C@@H]1OC(C)(C)O[C@H]1CC[C@@H](O)CO. The maximum atomic E-state index is 9.31. The lowest BCUT2D eigenvalue weighted by molar-refractivity contribution is -0.187. The molecule has 0 amide bonds. The van der Waals surface area contributed by atoms with Crippen LogP contribution in [-0.2, 0) is 14.2 Å². The van der Waals surface area contributed by atoms with E-state index in [0.717, 1.165) is 0 Å². The van der Waals surface area contributed by atoms with Crippen molar-refractivity contribution in [2.24, 2.45) is 0 Å². The third kappa shape index (κ3) is 4.73. The van der Waals surface area contributed by atoms with Crippen LogP contribution in [0.25, 0.3) is 0 Å². The first-order valence-corrected chi connectivity index (χ1v) is 5.85. The van der Waals surface area contributed by atoms with Gasteiger partial charge in [0, 0.05) is 0 Å². The van der Waals surface area contributed by atoms with E-state index >= 15 is 0 Å². The molecule has 0 spiro atoms. The van der Waals surface area contributed by atoms with Crippen LogP contribution in [0.2, 0.25) is 0 Å². The molecule has 100 valence electrons. The average Bonchev–Trinajstić information content (AvgIpc) is 2.58. The van der Waals surface area contributed by atoms with E-state index in [0.29, 0.717) is 19.4 Å². The summed E-state index contributed by atoms with van der Waals surface area (Å²) in [7, 11) is 0. The lowest BCUT2D eigenvalue weighted by Gasteiger charge is -2.17. The van der Waals surface area contributed by atoms with E-state index in [2.05, 4.69) is 6.58 Å². The van der Waals surface area contributed by atoms with Crippen molar-refractivity contribution in [2.45, 2.75) is 51.0 Å². The molecule has 0 saturated carbocycles. The summed E-state index contributed by atoms with van der Waals surface area (Å²) in [5, 5.41) is 18.1. The maximum absolute atomic E-state index is 9.31. The van der Waals surface area contributed by atoms with Crippen molar-refractivity contribution in [3.05, 3.63) is 12.7 Å². The Morgan fingerprint density at radius 2 is 2.18 bits per heavy atom. The number of hydrogen-bond donors (Lipinski definition) is 2. The van der Waals surface area contributed by atoms with Gasteiger partial charge in [-0.15, -0.1) is 6.58 Å². The largest absolute Gasteiger partial charge is 0.394 e.